The Morgan fingerprint density at radius 3 is 2.15 bits per heavy atom. The zero-order chi connectivity index (χ0) is 34.5. The lowest BCUT2D eigenvalue weighted by atomic mass is 9.72. The van der Waals surface area contributed by atoms with Crippen molar-refractivity contribution in [2.24, 2.45) is 0 Å². The SMILES string of the molecule is C=C.CC.C\C=C/C=C\C(C)=C\C.Cc1ccccc1C(C)(C)c1ccc2c(c1C)-c1ccc(/C=C3\C=CC=CC3)cc1C2(C)C. The summed E-state index contributed by atoms with van der Waals surface area (Å²) in [5.41, 5.74) is 15.2. The lowest BCUT2D eigenvalue weighted by Crippen LogP contribution is -2.22. The summed E-state index contributed by atoms with van der Waals surface area (Å²) in [5.74, 6) is 0. The summed E-state index contributed by atoms with van der Waals surface area (Å²) in [5, 5.41) is 0. The van der Waals surface area contributed by atoms with Gasteiger partial charge in [0, 0.05) is 10.8 Å². The smallest absolute Gasteiger partial charge is 0.0159 e. The van der Waals surface area contributed by atoms with Crippen molar-refractivity contribution in [3.05, 3.63) is 173 Å². The van der Waals surface area contributed by atoms with Crippen LogP contribution < -0.4 is 0 Å². The third-order valence-electron chi connectivity index (χ3n) is 9.00. The number of benzene rings is 3. The summed E-state index contributed by atoms with van der Waals surface area (Å²) in [6.07, 6.45) is 22.3. The normalized spacial score (nSPS) is 15.4. The fourth-order valence-corrected chi connectivity index (χ4v) is 6.47. The van der Waals surface area contributed by atoms with Crippen LogP contribution in [0.2, 0.25) is 0 Å². The van der Waals surface area contributed by atoms with E-state index in [4.69, 9.17) is 0 Å². The third-order valence-corrected chi connectivity index (χ3v) is 9.00. The van der Waals surface area contributed by atoms with Gasteiger partial charge in [0.05, 0.1) is 0 Å². The van der Waals surface area contributed by atoms with Crippen LogP contribution in [0.3, 0.4) is 0 Å². The van der Waals surface area contributed by atoms with Crippen LogP contribution in [0.5, 0.6) is 0 Å². The monoisotopic (exact) mass is 610 g/mol. The van der Waals surface area contributed by atoms with Gasteiger partial charge in [0.25, 0.3) is 0 Å². The highest BCUT2D eigenvalue weighted by atomic mass is 14.4. The molecule has 0 saturated heterocycles. The van der Waals surface area contributed by atoms with Crippen LogP contribution in [0.15, 0.2) is 134 Å². The molecule has 242 valence electrons. The largest absolute Gasteiger partial charge is 0.106 e. The molecule has 5 rings (SSSR count). The van der Waals surface area contributed by atoms with Gasteiger partial charge in [-0.1, -0.05) is 162 Å². The van der Waals surface area contributed by atoms with Gasteiger partial charge < -0.3 is 0 Å². The van der Waals surface area contributed by atoms with Crippen molar-refractivity contribution in [2.75, 3.05) is 0 Å². The molecule has 2 aliphatic carbocycles. The number of allylic oxidation sites excluding steroid dienone is 11. The van der Waals surface area contributed by atoms with Gasteiger partial charge in [0.2, 0.25) is 0 Å². The maximum atomic E-state index is 3.00. The molecule has 0 aromatic heterocycles. The maximum Gasteiger partial charge on any atom is 0.0159 e. The fourth-order valence-electron chi connectivity index (χ4n) is 6.47. The molecule has 0 heterocycles. The van der Waals surface area contributed by atoms with E-state index >= 15 is 0 Å². The van der Waals surface area contributed by atoms with Crippen molar-refractivity contribution in [3.63, 3.8) is 0 Å². The molecule has 0 atom stereocenters. The van der Waals surface area contributed by atoms with Crippen molar-refractivity contribution in [1.82, 2.24) is 0 Å². The number of aryl methyl sites for hydroxylation is 1. The van der Waals surface area contributed by atoms with E-state index in [0.717, 1.165) is 6.42 Å². The van der Waals surface area contributed by atoms with Crippen molar-refractivity contribution in [2.45, 2.75) is 93.4 Å². The minimum Gasteiger partial charge on any atom is -0.106 e. The molecule has 46 heavy (non-hydrogen) atoms. The van der Waals surface area contributed by atoms with E-state index in [-0.39, 0.29) is 10.8 Å². The minimum absolute atomic E-state index is 0.00239. The number of rotatable bonds is 5. The Bertz CT molecular complexity index is 1640. The van der Waals surface area contributed by atoms with Gasteiger partial charge in [0.1, 0.15) is 0 Å². The summed E-state index contributed by atoms with van der Waals surface area (Å²) in [6.45, 7) is 30.2. The van der Waals surface area contributed by atoms with E-state index in [0.29, 0.717) is 0 Å². The Morgan fingerprint density at radius 2 is 1.54 bits per heavy atom. The van der Waals surface area contributed by atoms with Crippen LogP contribution in [-0.4, -0.2) is 0 Å². The molecule has 0 fully saturated rings. The molecule has 0 saturated carbocycles. The quantitative estimate of drug-likeness (QED) is 0.199. The summed E-state index contributed by atoms with van der Waals surface area (Å²) in [7, 11) is 0. The van der Waals surface area contributed by atoms with Crippen molar-refractivity contribution in [1.29, 1.82) is 0 Å². The first kappa shape index (κ1) is 38.0. The molecule has 0 radical (unpaired) electrons. The van der Waals surface area contributed by atoms with Gasteiger partial charge in [-0.15, -0.1) is 13.2 Å². The van der Waals surface area contributed by atoms with Crippen LogP contribution in [0.1, 0.15) is 108 Å². The summed E-state index contributed by atoms with van der Waals surface area (Å²) >= 11 is 0. The molecule has 0 nitrogen and oxygen atoms in total. The van der Waals surface area contributed by atoms with Gasteiger partial charge >= 0.3 is 0 Å². The standard InChI is InChI=1S/C33H34.C9H14.C2H6.C2H4/c1-22-12-10-11-15-27(22)32(3,4)28-18-19-29-31(23(28)2)26-17-16-25(21-30(26)33(29,5)6)20-24-13-8-7-9-14-24;1-4-6-7-8-9(3)5-2;2*1-2/h7-13,15-21H,14H2,1-6H3;4-8H,1-3H3;1-2H3;1-2H2/b24-20+;6-4-,8-7-,9-5+;;. The Balaban J connectivity index is 0.000000487. The highest BCUT2D eigenvalue weighted by Gasteiger charge is 2.38. The number of fused-ring (bicyclic) bond motifs is 3. The zero-order valence-corrected chi connectivity index (χ0v) is 30.6. The molecule has 0 unspecified atom stereocenters. The summed E-state index contributed by atoms with van der Waals surface area (Å²) < 4.78 is 0. The van der Waals surface area contributed by atoms with Gasteiger partial charge in [-0.2, -0.15) is 0 Å². The number of hydrogen-bond donors (Lipinski definition) is 0. The van der Waals surface area contributed by atoms with Crippen molar-refractivity contribution < 1.29 is 0 Å². The second kappa shape index (κ2) is 17.5. The van der Waals surface area contributed by atoms with Gasteiger partial charge in [0.15, 0.2) is 0 Å². The summed E-state index contributed by atoms with van der Waals surface area (Å²) in [4.78, 5) is 0. The molecule has 0 bridgehead atoms. The van der Waals surface area contributed by atoms with Gasteiger partial charge in [-0.25, -0.2) is 0 Å². The third kappa shape index (κ3) is 8.55. The topological polar surface area (TPSA) is 0 Å². The molecule has 2 aliphatic rings. The van der Waals surface area contributed by atoms with Crippen LogP contribution in [0, 0.1) is 13.8 Å². The van der Waals surface area contributed by atoms with E-state index < -0.39 is 0 Å². The van der Waals surface area contributed by atoms with E-state index in [1.54, 1.807) is 0 Å². The average Bonchev–Trinajstić information content (AvgIpc) is 3.30. The second-order valence-corrected chi connectivity index (χ2v) is 12.7. The van der Waals surface area contributed by atoms with E-state index in [2.05, 4.69) is 159 Å². The molecule has 0 aliphatic heterocycles. The second-order valence-electron chi connectivity index (χ2n) is 12.7. The van der Waals surface area contributed by atoms with E-state index in [9.17, 15) is 0 Å². The Morgan fingerprint density at radius 1 is 0.848 bits per heavy atom. The highest BCUT2D eigenvalue weighted by Crippen LogP contribution is 2.52. The Hall–Kier alpha value is -4.16. The predicted octanol–water partition coefficient (Wildman–Crippen LogP) is 13.7. The first-order valence-electron chi connectivity index (χ1n) is 16.8. The van der Waals surface area contributed by atoms with Crippen LogP contribution in [0.4, 0.5) is 0 Å². The highest BCUT2D eigenvalue weighted by molar-refractivity contribution is 5.85. The molecule has 0 spiro atoms. The molecule has 3 aromatic rings. The maximum absolute atomic E-state index is 3.00. The minimum atomic E-state index is -0.0530. The predicted molar refractivity (Wildman–Crippen MR) is 209 cm³/mol. The summed E-state index contributed by atoms with van der Waals surface area (Å²) in [6, 6.07) is 20.7. The van der Waals surface area contributed by atoms with E-state index in [1.807, 2.05) is 45.9 Å². The van der Waals surface area contributed by atoms with Crippen molar-refractivity contribution >= 4 is 6.08 Å². The lowest BCUT2D eigenvalue weighted by molar-refractivity contribution is 0.627. The fraction of sp³-hybridized carbons (Fsp3) is 0.304. The zero-order valence-electron chi connectivity index (χ0n) is 30.6. The first-order valence-corrected chi connectivity index (χ1v) is 16.8. The molecule has 0 heteroatoms. The molecular formula is C46H58. The Labute approximate surface area is 282 Å². The van der Waals surface area contributed by atoms with Crippen LogP contribution in [-0.2, 0) is 10.8 Å². The Kier molecular flexibility index (Phi) is 14.5. The molecule has 0 amide bonds. The molecule has 0 N–H and O–H groups in total. The average molecular weight is 611 g/mol. The molecule has 3 aromatic carbocycles. The van der Waals surface area contributed by atoms with Gasteiger partial charge in [-0.3, -0.25) is 0 Å². The van der Waals surface area contributed by atoms with Crippen LogP contribution in [0.25, 0.3) is 17.2 Å². The molecular weight excluding hydrogens is 553 g/mol. The van der Waals surface area contributed by atoms with Crippen molar-refractivity contribution in [3.8, 4) is 11.1 Å². The first-order chi connectivity index (χ1) is 22.0. The van der Waals surface area contributed by atoms with Crippen LogP contribution >= 0.6 is 0 Å². The number of hydrogen-bond acceptors (Lipinski definition) is 0. The lowest BCUT2D eigenvalue weighted by Gasteiger charge is -2.31. The van der Waals surface area contributed by atoms with E-state index in [1.165, 1.54) is 61.2 Å². The van der Waals surface area contributed by atoms with Gasteiger partial charge in [-0.05, 0) is 96.7 Å².